The van der Waals surface area contributed by atoms with Gasteiger partial charge in [0.25, 0.3) is 10.0 Å². The number of rotatable bonds is 7. The lowest BCUT2D eigenvalue weighted by Crippen LogP contribution is -2.22. The zero-order valence-electron chi connectivity index (χ0n) is 18.5. The van der Waals surface area contributed by atoms with E-state index in [-0.39, 0.29) is 21.8 Å². The van der Waals surface area contributed by atoms with Gasteiger partial charge in [-0.2, -0.15) is 0 Å². The molecule has 182 valence electrons. The molecule has 0 radical (unpaired) electrons. The number of H-pyrrole nitrogens is 1. The second-order valence-corrected chi connectivity index (χ2v) is 11.0. The number of benzene rings is 2. The summed E-state index contributed by atoms with van der Waals surface area (Å²) in [6.45, 7) is 1.72. The lowest BCUT2D eigenvalue weighted by atomic mass is 10.2. The Bertz CT molecular complexity index is 1680. The van der Waals surface area contributed by atoms with Crippen molar-refractivity contribution in [3.05, 3.63) is 65.8 Å². The van der Waals surface area contributed by atoms with E-state index in [0.717, 1.165) is 22.7 Å². The maximum Gasteiger partial charge on any atom is 0.263 e. The molecule has 36 heavy (non-hydrogen) atoms. The molecule has 1 atom stereocenters. The first-order valence-electron chi connectivity index (χ1n) is 10.5. The van der Waals surface area contributed by atoms with Gasteiger partial charge >= 0.3 is 0 Å². The van der Waals surface area contributed by atoms with Crippen molar-refractivity contribution >= 4 is 72.9 Å². The minimum absolute atomic E-state index is 0.00853. The number of nitrogens with one attached hydrogen (secondary N) is 3. The number of amides is 1. The third-order valence-corrected chi connectivity index (χ3v) is 7.58. The number of aromatic amines is 1. The molecule has 1 amide bonds. The molecular weight excluding hydrogens is 524 g/mol. The summed E-state index contributed by atoms with van der Waals surface area (Å²) >= 11 is 6.83. The number of fused-ring (bicyclic) bond motifs is 3. The van der Waals surface area contributed by atoms with E-state index in [2.05, 4.69) is 40.4 Å². The van der Waals surface area contributed by atoms with E-state index in [0.29, 0.717) is 22.0 Å². The second kappa shape index (κ2) is 9.68. The molecule has 11 nitrogen and oxygen atoms in total. The maximum atomic E-state index is 12.7. The summed E-state index contributed by atoms with van der Waals surface area (Å²) in [6, 6.07) is 16.2. The summed E-state index contributed by atoms with van der Waals surface area (Å²) in [4.78, 5) is 20.4. The van der Waals surface area contributed by atoms with Gasteiger partial charge in [-0.3, -0.25) is 9.52 Å². The second-order valence-electron chi connectivity index (χ2n) is 7.58. The number of aromatic nitrogens is 6. The molecule has 2 aromatic carbocycles. The summed E-state index contributed by atoms with van der Waals surface area (Å²) in [7, 11) is -3.90. The van der Waals surface area contributed by atoms with Crippen molar-refractivity contribution < 1.29 is 13.2 Å². The molecule has 1 unspecified atom stereocenters. The van der Waals surface area contributed by atoms with Crippen molar-refractivity contribution in [1.82, 2.24) is 30.4 Å². The van der Waals surface area contributed by atoms with Crippen LogP contribution >= 0.6 is 23.4 Å². The van der Waals surface area contributed by atoms with Gasteiger partial charge in [0.05, 0.1) is 10.1 Å². The van der Waals surface area contributed by atoms with Crippen LogP contribution in [0, 0.1) is 0 Å². The Labute approximate surface area is 214 Å². The number of carbonyl (C=O) groups is 1. The Morgan fingerprint density at radius 2 is 1.78 bits per heavy atom. The van der Waals surface area contributed by atoms with Crippen LogP contribution in [0.4, 0.5) is 11.5 Å². The monoisotopic (exact) mass is 540 g/mol. The maximum absolute atomic E-state index is 12.7. The minimum atomic E-state index is -3.90. The number of thioether (sulfide) groups is 1. The number of anilines is 2. The Hall–Kier alpha value is -3.81. The predicted octanol–water partition coefficient (Wildman–Crippen LogP) is 3.87. The van der Waals surface area contributed by atoms with E-state index in [9.17, 15) is 13.2 Å². The summed E-state index contributed by atoms with van der Waals surface area (Å²) in [5.74, 6) is -0.268. The summed E-state index contributed by atoms with van der Waals surface area (Å²) in [5.41, 5.74) is 2.60. The molecule has 0 fully saturated rings. The summed E-state index contributed by atoms with van der Waals surface area (Å²) in [6.07, 6.45) is 0. The zero-order valence-corrected chi connectivity index (χ0v) is 20.9. The van der Waals surface area contributed by atoms with E-state index >= 15 is 0 Å². The molecule has 0 spiro atoms. The number of hydrogen-bond acceptors (Lipinski definition) is 9. The lowest BCUT2D eigenvalue weighted by molar-refractivity contribution is -0.115. The van der Waals surface area contributed by atoms with Crippen molar-refractivity contribution in [3.63, 3.8) is 0 Å². The molecule has 14 heteroatoms. The van der Waals surface area contributed by atoms with Gasteiger partial charge in [0.2, 0.25) is 11.1 Å². The summed E-state index contributed by atoms with van der Waals surface area (Å²) < 4.78 is 27.4. The largest absolute Gasteiger partial charge is 0.338 e. The van der Waals surface area contributed by atoms with Crippen LogP contribution in [0.3, 0.4) is 0 Å². The Balaban J connectivity index is 1.23. The first-order chi connectivity index (χ1) is 17.3. The van der Waals surface area contributed by atoms with Crippen molar-refractivity contribution in [3.8, 4) is 0 Å². The SMILES string of the molecule is CC(Sc1nnc2c(n1)[nH]c1ccccc12)C(=O)Nc1ccc(S(=O)(=O)Nc2ccc(Cl)nn2)cc1. The van der Waals surface area contributed by atoms with Crippen LogP contribution in [-0.4, -0.2) is 49.9 Å². The highest BCUT2D eigenvalue weighted by Crippen LogP contribution is 2.26. The Morgan fingerprint density at radius 1 is 1.00 bits per heavy atom. The zero-order chi connectivity index (χ0) is 25.3. The number of nitrogens with zero attached hydrogens (tertiary/aromatic N) is 5. The molecule has 0 aliphatic carbocycles. The van der Waals surface area contributed by atoms with Gasteiger partial charge in [0.15, 0.2) is 16.6 Å². The van der Waals surface area contributed by atoms with Crippen LogP contribution < -0.4 is 10.0 Å². The number of hydrogen-bond donors (Lipinski definition) is 3. The number of sulfonamides is 1. The smallest absolute Gasteiger partial charge is 0.263 e. The molecular formula is C22H17ClN8O3S2. The van der Waals surface area contributed by atoms with E-state index in [1.165, 1.54) is 36.4 Å². The first-order valence-corrected chi connectivity index (χ1v) is 13.2. The fourth-order valence-electron chi connectivity index (χ4n) is 3.30. The minimum Gasteiger partial charge on any atom is -0.338 e. The fraction of sp³-hybridized carbons (Fsp3) is 0.0909. The molecule has 5 rings (SSSR count). The van der Waals surface area contributed by atoms with Gasteiger partial charge in [-0.25, -0.2) is 13.4 Å². The highest BCUT2D eigenvalue weighted by atomic mass is 35.5. The number of halogens is 1. The fourth-order valence-corrected chi connectivity index (χ4v) is 5.11. The van der Waals surface area contributed by atoms with E-state index in [4.69, 9.17) is 11.6 Å². The van der Waals surface area contributed by atoms with Crippen molar-refractivity contribution in [2.75, 3.05) is 10.0 Å². The number of para-hydroxylation sites is 1. The molecule has 0 aliphatic rings. The predicted molar refractivity (Wildman–Crippen MR) is 137 cm³/mol. The van der Waals surface area contributed by atoms with Gasteiger partial charge in [0.1, 0.15) is 5.52 Å². The molecule has 0 bridgehead atoms. The van der Waals surface area contributed by atoms with Crippen molar-refractivity contribution in [1.29, 1.82) is 0 Å². The third kappa shape index (κ3) is 5.08. The quantitative estimate of drug-likeness (QED) is 0.261. The normalized spacial score (nSPS) is 12.5. The molecule has 0 saturated carbocycles. The average Bonchev–Trinajstić information content (AvgIpc) is 3.23. The van der Waals surface area contributed by atoms with E-state index in [1.54, 1.807) is 6.92 Å². The molecule has 3 aromatic heterocycles. The van der Waals surface area contributed by atoms with Gasteiger partial charge in [-0.05, 0) is 49.4 Å². The van der Waals surface area contributed by atoms with Crippen LogP contribution in [0.15, 0.2) is 70.7 Å². The number of carbonyl (C=O) groups excluding carboxylic acids is 1. The van der Waals surface area contributed by atoms with Gasteiger partial charge in [-0.1, -0.05) is 41.6 Å². The lowest BCUT2D eigenvalue weighted by Gasteiger charge is -2.12. The van der Waals surface area contributed by atoms with Crippen LogP contribution in [-0.2, 0) is 14.8 Å². The van der Waals surface area contributed by atoms with Gasteiger partial charge in [-0.15, -0.1) is 20.4 Å². The van der Waals surface area contributed by atoms with Crippen LogP contribution in [0.25, 0.3) is 22.1 Å². The molecule has 5 aromatic rings. The Morgan fingerprint density at radius 3 is 2.53 bits per heavy atom. The topological polar surface area (TPSA) is 156 Å². The molecule has 0 aliphatic heterocycles. The van der Waals surface area contributed by atoms with Crippen molar-refractivity contribution in [2.24, 2.45) is 0 Å². The highest BCUT2D eigenvalue weighted by molar-refractivity contribution is 8.00. The third-order valence-electron chi connectivity index (χ3n) is 5.06. The first kappa shape index (κ1) is 23.9. The standard InChI is InChI=1S/C22H17ClN8O3S2/c1-12(35-22-26-20-19(29-30-22)15-4-2-3-5-16(15)25-20)21(32)24-13-6-8-14(9-7-13)36(33,34)31-18-11-10-17(23)27-28-18/h2-12H,1H3,(H,24,32)(H,28,31)(H,25,26,30). The Kier molecular flexibility index (Phi) is 6.43. The molecule has 0 saturated heterocycles. The van der Waals surface area contributed by atoms with E-state index in [1.807, 2.05) is 24.3 Å². The molecule has 3 N–H and O–H groups in total. The van der Waals surface area contributed by atoms with Crippen molar-refractivity contribution in [2.45, 2.75) is 22.2 Å². The molecule has 3 heterocycles. The van der Waals surface area contributed by atoms with Crippen LogP contribution in [0.5, 0.6) is 0 Å². The van der Waals surface area contributed by atoms with Gasteiger partial charge < -0.3 is 10.3 Å². The van der Waals surface area contributed by atoms with Crippen LogP contribution in [0.2, 0.25) is 5.15 Å². The average molecular weight is 541 g/mol. The summed E-state index contributed by atoms with van der Waals surface area (Å²) in [5, 5.41) is 19.3. The van der Waals surface area contributed by atoms with E-state index < -0.39 is 15.3 Å². The highest BCUT2D eigenvalue weighted by Gasteiger charge is 2.19. The van der Waals surface area contributed by atoms with Gasteiger partial charge in [0, 0.05) is 16.6 Å². The van der Waals surface area contributed by atoms with Crippen LogP contribution in [0.1, 0.15) is 6.92 Å².